The van der Waals surface area contributed by atoms with Crippen LogP contribution in [0.2, 0.25) is 0 Å². The molecule has 1 saturated heterocycles. The molecule has 3 rings (SSSR count). The van der Waals surface area contributed by atoms with Crippen molar-refractivity contribution in [3.05, 3.63) is 53.2 Å². The zero-order valence-corrected chi connectivity index (χ0v) is 14.0. The molecule has 0 saturated carbocycles. The summed E-state index contributed by atoms with van der Waals surface area (Å²) in [6.45, 7) is 3.51. The maximum absolute atomic E-state index is 13.0. The maximum atomic E-state index is 13.0. The van der Waals surface area contributed by atoms with E-state index < -0.39 is 0 Å². The monoisotopic (exact) mass is 330 g/mol. The molecular formula is C19H23FN2O2. The lowest BCUT2D eigenvalue weighted by Crippen LogP contribution is -2.39. The van der Waals surface area contributed by atoms with E-state index in [1.54, 1.807) is 6.07 Å². The molecule has 24 heavy (non-hydrogen) atoms. The van der Waals surface area contributed by atoms with Crippen molar-refractivity contribution in [3.63, 3.8) is 0 Å². The van der Waals surface area contributed by atoms with Crippen LogP contribution in [-0.2, 0) is 12.8 Å². The largest absolute Gasteiger partial charge is 0.351 e. The molecule has 1 amide bonds. The number of halogens is 1. The SMILES string of the molecule is CCc1cc(C(=O)N2CCCC(CCc3ccc(F)cc3)C2)on1. The highest BCUT2D eigenvalue weighted by Crippen LogP contribution is 2.23. The molecule has 1 unspecified atom stereocenters. The Bertz CT molecular complexity index is 681. The molecular weight excluding hydrogens is 307 g/mol. The van der Waals surface area contributed by atoms with Gasteiger partial charge in [0.05, 0.1) is 5.69 Å². The molecule has 2 heterocycles. The van der Waals surface area contributed by atoms with Crippen molar-refractivity contribution < 1.29 is 13.7 Å². The van der Waals surface area contributed by atoms with Crippen molar-refractivity contribution in [2.45, 2.75) is 39.0 Å². The number of carbonyl (C=O) groups is 1. The second-order valence-corrected chi connectivity index (χ2v) is 6.46. The fourth-order valence-corrected chi connectivity index (χ4v) is 3.24. The summed E-state index contributed by atoms with van der Waals surface area (Å²) >= 11 is 0. The third-order valence-electron chi connectivity index (χ3n) is 4.69. The highest BCUT2D eigenvalue weighted by atomic mass is 19.1. The first-order valence-electron chi connectivity index (χ1n) is 8.65. The molecule has 1 aromatic heterocycles. The summed E-state index contributed by atoms with van der Waals surface area (Å²) in [5, 5.41) is 3.90. The molecule has 0 radical (unpaired) electrons. The number of benzene rings is 1. The molecule has 1 aliphatic heterocycles. The highest BCUT2D eigenvalue weighted by Gasteiger charge is 2.26. The number of likely N-dealkylation sites (tertiary alicyclic amines) is 1. The zero-order chi connectivity index (χ0) is 16.9. The zero-order valence-electron chi connectivity index (χ0n) is 14.0. The molecule has 4 nitrogen and oxygen atoms in total. The predicted octanol–water partition coefficient (Wildman–Crippen LogP) is 3.86. The van der Waals surface area contributed by atoms with Crippen molar-refractivity contribution in [2.75, 3.05) is 13.1 Å². The Balaban J connectivity index is 1.55. The third-order valence-corrected chi connectivity index (χ3v) is 4.69. The average Bonchev–Trinajstić information content (AvgIpc) is 3.10. The molecule has 1 atom stereocenters. The molecule has 0 aliphatic carbocycles. The summed E-state index contributed by atoms with van der Waals surface area (Å²) in [4.78, 5) is 14.4. The summed E-state index contributed by atoms with van der Waals surface area (Å²) < 4.78 is 18.1. The summed E-state index contributed by atoms with van der Waals surface area (Å²) in [5.41, 5.74) is 1.95. The van der Waals surface area contributed by atoms with E-state index in [-0.39, 0.29) is 11.7 Å². The van der Waals surface area contributed by atoms with Gasteiger partial charge in [-0.05, 0) is 55.7 Å². The Morgan fingerprint density at radius 3 is 2.88 bits per heavy atom. The Kier molecular flexibility index (Phi) is 5.28. The molecule has 0 spiro atoms. The lowest BCUT2D eigenvalue weighted by molar-refractivity contribution is 0.0626. The predicted molar refractivity (Wildman–Crippen MR) is 89.2 cm³/mol. The van der Waals surface area contributed by atoms with Crippen molar-refractivity contribution in [1.29, 1.82) is 0 Å². The highest BCUT2D eigenvalue weighted by molar-refractivity contribution is 5.91. The van der Waals surface area contributed by atoms with Gasteiger partial charge in [0.2, 0.25) is 5.76 Å². The summed E-state index contributed by atoms with van der Waals surface area (Å²) in [5.74, 6) is 0.549. The number of hydrogen-bond donors (Lipinski definition) is 0. The number of carbonyl (C=O) groups excluding carboxylic acids is 1. The van der Waals surface area contributed by atoms with Gasteiger partial charge in [-0.25, -0.2) is 4.39 Å². The van der Waals surface area contributed by atoms with Crippen LogP contribution in [0.4, 0.5) is 4.39 Å². The van der Waals surface area contributed by atoms with Crippen LogP contribution in [0.5, 0.6) is 0 Å². The number of nitrogens with zero attached hydrogens (tertiary/aromatic N) is 2. The lowest BCUT2D eigenvalue weighted by atomic mass is 9.91. The summed E-state index contributed by atoms with van der Waals surface area (Å²) in [6.07, 6.45) is 4.81. The molecule has 5 heteroatoms. The third kappa shape index (κ3) is 4.02. The van der Waals surface area contributed by atoms with Gasteiger partial charge < -0.3 is 9.42 Å². The van der Waals surface area contributed by atoms with Gasteiger partial charge in [0.25, 0.3) is 5.91 Å². The second-order valence-electron chi connectivity index (χ2n) is 6.46. The number of aryl methyl sites for hydroxylation is 2. The Hall–Kier alpha value is -2.17. The van der Waals surface area contributed by atoms with E-state index in [4.69, 9.17) is 4.52 Å². The van der Waals surface area contributed by atoms with E-state index in [9.17, 15) is 9.18 Å². The van der Waals surface area contributed by atoms with Gasteiger partial charge in [0.15, 0.2) is 0 Å². The van der Waals surface area contributed by atoms with Crippen LogP contribution in [0.1, 0.15) is 48.0 Å². The van der Waals surface area contributed by atoms with Gasteiger partial charge in [0.1, 0.15) is 5.82 Å². The van der Waals surface area contributed by atoms with E-state index in [2.05, 4.69) is 5.16 Å². The second kappa shape index (κ2) is 7.60. The molecule has 0 N–H and O–H groups in total. The van der Waals surface area contributed by atoms with Crippen LogP contribution in [0.15, 0.2) is 34.9 Å². The van der Waals surface area contributed by atoms with Crippen molar-refractivity contribution in [3.8, 4) is 0 Å². The molecule has 0 bridgehead atoms. The van der Waals surface area contributed by atoms with Crippen molar-refractivity contribution in [1.82, 2.24) is 10.1 Å². The number of rotatable bonds is 5. The molecule has 128 valence electrons. The smallest absolute Gasteiger partial charge is 0.292 e. The topological polar surface area (TPSA) is 46.3 Å². The van der Waals surface area contributed by atoms with Crippen LogP contribution in [-0.4, -0.2) is 29.1 Å². The number of piperidine rings is 1. The van der Waals surface area contributed by atoms with Crippen LogP contribution in [0, 0.1) is 11.7 Å². The number of amides is 1. The first-order valence-corrected chi connectivity index (χ1v) is 8.65. The Morgan fingerprint density at radius 1 is 1.38 bits per heavy atom. The van der Waals surface area contributed by atoms with Gasteiger partial charge in [-0.2, -0.15) is 0 Å². The van der Waals surface area contributed by atoms with E-state index in [0.717, 1.165) is 56.5 Å². The normalized spacial score (nSPS) is 17.9. The van der Waals surface area contributed by atoms with Gasteiger partial charge >= 0.3 is 0 Å². The summed E-state index contributed by atoms with van der Waals surface area (Å²) in [6, 6.07) is 8.41. The van der Waals surface area contributed by atoms with Crippen molar-refractivity contribution >= 4 is 5.91 Å². The average molecular weight is 330 g/mol. The first-order chi connectivity index (χ1) is 11.7. The fourth-order valence-electron chi connectivity index (χ4n) is 3.24. The lowest BCUT2D eigenvalue weighted by Gasteiger charge is -2.32. The van der Waals surface area contributed by atoms with Crippen LogP contribution >= 0.6 is 0 Å². The minimum absolute atomic E-state index is 0.0614. The fraction of sp³-hybridized carbons (Fsp3) is 0.474. The van der Waals surface area contributed by atoms with Crippen LogP contribution < -0.4 is 0 Å². The van der Waals surface area contributed by atoms with Crippen LogP contribution in [0.3, 0.4) is 0 Å². The van der Waals surface area contributed by atoms with Gasteiger partial charge in [0, 0.05) is 19.2 Å². The molecule has 1 fully saturated rings. The summed E-state index contributed by atoms with van der Waals surface area (Å²) in [7, 11) is 0. The minimum atomic E-state index is -0.202. The van der Waals surface area contributed by atoms with Gasteiger partial charge in [-0.15, -0.1) is 0 Å². The van der Waals surface area contributed by atoms with Gasteiger partial charge in [-0.3, -0.25) is 4.79 Å². The van der Waals surface area contributed by atoms with Gasteiger partial charge in [-0.1, -0.05) is 24.2 Å². The minimum Gasteiger partial charge on any atom is -0.351 e. The van der Waals surface area contributed by atoms with E-state index in [1.807, 2.05) is 24.0 Å². The first kappa shape index (κ1) is 16.7. The van der Waals surface area contributed by atoms with E-state index in [1.165, 1.54) is 12.1 Å². The van der Waals surface area contributed by atoms with Crippen LogP contribution in [0.25, 0.3) is 0 Å². The van der Waals surface area contributed by atoms with Crippen molar-refractivity contribution in [2.24, 2.45) is 5.92 Å². The molecule has 2 aromatic rings. The standard InChI is InChI=1S/C19H23FN2O2/c1-2-17-12-18(24-21-17)19(23)22-11-3-4-15(13-22)6-5-14-7-9-16(20)10-8-14/h7-10,12,15H,2-6,11,13H2,1H3. The number of aromatic nitrogens is 1. The molecule has 1 aliphatic rings. The van der Waals surface area contributed by atoms with E-state index >= 15 is 0 Å². The molecule has 1 aromatic carbocycles. The quantitative estimate of drug-likeness (QED) is 0.836. The number of hydrogen-bond acceptors (Lipinski definition) is 3. The Labute approximate surface area is 141 Å². The maximum Gasteiger partial charge on any atom is 0.292 e. The van der Waals surface area contributed by atoms with E-state index in [0.29, 0.717) is 11.7 Å². The Morgan fingerprint density at radius 2 is 2.17 bits per heavy atom.